The first kappa shape index (κ1) is 11.1. The predicted molar refractivity (Wildman–Crippen MR) is 67.1 cm³/mol. The summed E-state index contributed by atoms with van der Waals surface area (Å²) in [4.78, 5) is 0. The van der Waals surface area contributed by atoms with Crippen molar-refractivity contribution in [3.05, 3.63) is 33.8 Å². The van der Waals surface area contributed by atoms with E-state index in [2.05, 4.69) is 53.3 Å². The van der Waals surface area contributed by atoms with E-state index in [4.69, 9.17) is 5.73 Å². The minimum Gasteiger partial charge on any atom is -0.324 e. The van der Waals surface area contributed by atoms with Gasteiger partial charge in [-0.15, -0.1) is 0 Å². The Balaban J connectivity index is 2.33. The molecule has 0 amide bonds. The summed E-state index contributed by atoms with van der Waals surface area (Å²) in [7, 11) is 0. The molecule has 1 aromatic rings. The molecule has 2 nitrogen and oxygen atoms in total. The van der Waals surface area contributed by atoms with Crippen LogP contribution >= 0.6 is 15.9 Å². The van der Waals surface area contributed by atoms with E-state index in [1.165, 1.54) is 15.6 Å². The van der Waals surface area contributed by atoms with Gasteiger partial charge in [-0.2, -0.15) is 0 Å². The Kier molecular flexibility index (Phi) is 2.88. The van der Waals surface area contributed by atoms with Crippen LogP contribution in [0, 0.1) is 6.92 Å². The Morgan fingerprint density at radius 1 is 1.53 bits per heavy atom. The van der Waals surface area contributed by atoms with E-state index in [9.17, 15) is 0 Å². The summed E-state index contributed by atoms with van der Waals surface area (Å²) in [5.41, 5.74) is 8.72. The van der Waals surface area contributed by atoms with Crippen LogP contribution in [0.25, 0.3) is 0 Å². The highest BCUT2D eigenvalue weighted by atomic mass is 79.9. The zero-order valence-corrected chi connectivity index (χ0v) is 10.8. The molecular weight excluding hydrogens is 252 g/mol. The SMILES string of the molecule is Cc1ccc(C2CNCC2(C)N)cc1Br. The van der Waals surface area contributed by atoms with Gasteiger partial charge in [-0.1, -0.05) is 28.1 Å². The second-order valence-electron chi connectivity index (χ2n) is 4.70. The third-order valence-corrected chi connectivity index (χ3v) is 4.10. The molecule has 2 unspecified atom stereocenters. The highest BCUT2D eigenvalue weighted by Gasteiger charge is 2.36. The van der Waals surface area contributed by atoms with Gasteiger partial charge in [0.1, 0.15) is 0 Å². The highest BCUT2D eigenvalue weighted by molar-refractivity contribution is 9.10. The van der Waals surface area contributed by atoms with Crippen molar-refractivity contribution >= 4 is 15.9 Å². The first-order chi connectivity index (χ1) is 7.00. The number of rotatable bonds is 1. The van der Waals surface area contributed by atoms with Gasteiger partial charge in [0.25, 0.3) is 0 Å². The summed E-state index contributed by atoms with van der Waals surface area (Å²) in [6.07, 6.45) is 0. The van der Waals surface area contributed by atoms with Crippen LogP contribution < -0.4 is 11.1 Å². The average molecular weight is 269 g/mol. The molecule has 1 aromatic carbocycles. The fourth-order valence-electron chi connectivity index (χ4n) is 2.17. The van der Waals surface area contributed by atoms with Crippen molar-refractivity contribution in [2.75, 3.05) is 13.1 Å². The Hall–Kier alpha value is -0.380. The van der Waals surface area contributed by atoms with Crippen molar-refractivity contribution in [2.24, 2.45) is 5.73 Å². The van der Waals surface area contributed by atoms with E-state index in [0.29, 0.717) is 5.92 Å². The van der Waals surface area contributed by atoms with Crippen molar-refractivity contribution in [2.45, 2.75) is 25.3 Å². The Bertz CT molecular complexity index is 374. The molecule has 0 aliphatic carbocycles. The molecular formula is C12H17BrN2. The molecule has 2 atom stereocenters. The summed E-state index contributed by atoms with van der Waals surface area (Å²) in [6.45, 7) is 6.08. The molecule has 1 heterocycles. The summed E-state index contributed by atoms with van der Waals surface area (Å²) in [5.74, 6) is 0.411. The third-order valence-electron chi connectivity index (χ3n) is 3.25. The van der Waals surface area contributed by atoms with E-state index in [0.717, 1.165) is 13.1 Å². The van der Waals surface area contributed by atoms with E-state index in [1.54, 1.807) is 0 Å². The lowest BCUT2D eigenvalue weighted by molar-refractivity contribution is 0.462. The molecule has 2 rings (SSSR count). The number of halogens is 1. The number of benzene rings is 1. The van der Waals surface area contributed by atoms with Crippen LogP contribution in [-0.2, 0) is 0 Å². The fourth-order valence-corrected chi connectivity index (χ4v) is 2.56. The highest BCUT2D eigenvalue weighted by Crippen LogP contribution is 2.31. The zero-order valence-electron chi connectivity index (χ0n) is 9.18. The summed E-state index contributed by atoms with van der Waals surface area (Å²) >= 11 is 3.57. The maximum atomic E-state index is 6.26. The Morgan fingerprint density at radius 2 is 2.27 bits per heavy atom. The minimum absolute atomic E-state index is 0.130. The monoisotopic (exact) mass is 268 g/mol. The number of hydrogen-bond acceptors (Lipinski definition) is 2. The van der Waals surface area contributed by atoms with Crippen molar-refractivity contribution in [1.82, 2.24) is 5.32 Å². The predicted octanol–water partition coefficient (Wildman–Crippen LogP) is 2.16. The van der Waals surface area contributed by atoms with Gasteiger partial charge in [-0.25, -0.2) is 0 Å². The van der Waals surface area contributed by atoms with Crippen LogP contribution in [0.3, 0.4) is 0 Å². The summed E-state index contributed by atoms with van der Waals surface area (Å²) < 4.78 is 1.17. The van der Waals surface area contributed by atoms with Crippen LogP contribution in [0.1, 0.15) is 24.0 Å². The van der Waals surface area contributed by atoms with E-state index >= 15 is 0 Å². The van der Waals surface area contributed by atoms with Crippen molar-refractivity contribution in [3.8, 4) is 0 Å². The lowest BCUT2D eigenvalue weighted by Crippen LogP contribution is -2.42. The van der Waals surface area contributed by atoms with E-state index < -0.39 is 0 Å². The van der Waals surface area contributed by atoms with Gasteiger partial charge in [-0.3, -0.25) is 0 Å². The fraction of sp³-hybridized carbons (Fsp3) is 0.500. The van der Waals surface area contributed by atoms with Crippen molar-refractivity contribution in [1.29, 1.82) is 0 Å². The van der Waals surface area contributed by atoms with Gasteiger partial charge in [-0.05, 0) is 31.0 Å². The average Bonchev–Trinajstić information content (AvgIpc) is 2.50. The molecule has 1 fully saturated rings. The summed E-state index contributed by atoms with van der Waals surface area (Å²) in [6, 6.07) is 6.52. The van der Waals surface area contributed by atoms with Crippen molar-refractivity contribution < 1.29 is 0 Å². The first-order valence-corrected chi connectivity index (χ1v) is 6.05. The molecule has 3 heteroatoms. The Morgan fingerprint density at radius 3 is 2.80 bits per heavy atom. The largest absolute Gasteiger partial charge is 0.324 e. The maximum absolute atomic E-state index is 6.26. The van der Waals surface area contributed by atoms with Gasteiger partial charge in [0.2, 0.25) is 0 Å². The second-order valence-corrected chi connectivity index (χ2v) is 5.55. The minimum atomic E-state index is -0.130. The van der Waals surface area contributed by atoms with Crippen LogP contribution in [0.2, 0.25) is 0 Å². The van der Waals surface area contributed by atoms with Gasteiger partial charge in [0.15, 0.2) is 0 Å². The molecule has 3 N–H and O–H groups in total. The molecule has 1 saturated heterocycles. The molecule has 0 saturated carbocycles. The number of nitrogens with two attached hydrogens (primary N) is 1. The maximum Gasteiger partial charge on any atom is 0.0333 e. The Labute approximate surface area is 99.4 Å². The molecule has 82 valence electrons. The van der Waals surface area contributed by atoms with Gasteiger partial charge in [0.05, 0.1) is 0 Å². The molecule has 0 radical (unpaired) electrons. The molecule has 0 spiro atoms. The molecule has 15 heavy (non-hydrogen) atoms. The molecule has 1 aliphatic rings. The van der Waals surface area contributed by atoms with Gasteiger partial charge >= 0.3 is 0 Å². The zero-order chi connectivity index (χ0) is 11.1. The first-order valence-electron chi connectivity index (χ1n) is 5.26. The summed E-state index contributed by atoms with van der Waals surface area (Å²) in [5, 5.41) is 3.35. The van der Waals surface area contributed by atoms with Crippen LogP contribution in [0.5, 0.6) is 0 Å². The van der Waals surface area contributed by atoms with Gasteiger partial charge in [0, 0.05) is 29.0 Å². The van der Waals surface area contributed by atoms with Crippen LogP contribution in [0.4, 0.5) is 0 Å². The quantitative estimate of drug-likeness (QED) is 0.820. The number of aryl methyl sites for hydroxylation is 1. The van der Waals surface area contributed by atoms with E-state index in [-0.39, 0.29) is 5.54 Å². The van der Waals surface area contributed by atoms with Gasteiger partial charge < -0.3 is 11.1 Å². The van der Waals surface area contributed by atoms with Crippen LogP contribution in [0.15, 0.2) is 22.7 Å². The van der Waals surface area contributed by atoms with E-state index in [1.807, 2.05) is 0 Å². The molecule has 0 bridgehead atoms. The lowest BCUT2D eigenvalue weighted by Gasteiger charge is -2.26. The third kappa shape index (κ3) is 2.10. The smallest absolute Gasteiger partial charge is 0.0333 e. The lowest BCUT2D eigenvalue weighted by atomic mass is 9.84. The standard InChI is InChI=1S/C12H17BrN2/c1-8-3-4-9(5-11(8)13)10-6-15-7-12(10,2)14/h3-5,10,15H,6-7,14H2,1-2H3. The number of hydrogen-bond donors (Lipinski definition) is 2. The second kappa shape index (κ2) is 3.89. The topological polar surface area (TPSA) is 38.0 Å². The molecule has 0 aromatic heterocycles. The van der Waals surface area contributed by atoms with Crippen LogP contribution in [-0.4, -0.2) is 18.6 Å². The normalized spacial score (nSPS) is 30.8. The number of nitrogens with one attached hydrogen (secondary N) is 1. The van der Waals surface area contributed by atoms with Crippen molar-refractivity contribution in [3.63, 3.8) is 0 Å². The molecule has 1 aliphatic heterocycles.